The van der Waals surface area contributed by atoms with Gasteiger partial charge in [0, 0.05) is 5.25 Å². The average Bonchev–Trinajstić information content (AvgIpc) is 2.73. The van der Waals surface area contributed by atoms with E-state index < -0.39 is 9.84 Å². The van der Waals surface area contributed by atoms with Crippen LogP contribution in [0.3, 0.4) is 0 Å². The second-order valence-electron chi connectivity index (χ2n) is 3.31. The van der Waals surface area contributed by atoms with Crippen LogP contribution < -0.4 is 5.73 Å². The molecule has 0 radical (unpaired) electrons. The zero-order valence-corrected chi connectivity index (χ0v) is 9.55. The molecule has 0 bridgehead atoms. The molecule has 0 amide bonds. The van der Waals surface area contributed by atoms with Crippen LogP contribution in [0.5, 0.6) is 0 Å². The first-order valence-electron chi connectivity index (χ1n) is 4.48. The highest BCUT2D eigenvalue weighted by Gasteiger charge is 2.29. The lowest BCUT2D eigenvalue weighted by molar-refractivity contribution is 0.414. The van der Waals surface area contributed by atoms with Crippen LogP contribution in [0.2, 0.25) is 0 Å². The Morgan fingerprint density at radius 2 is 2.33 bits per heavy atom. The number of nitrogens with two attached hydrogens (primary N) is 1. The van der Waals surface area contributed by atoms with Crippen LogP contribution in [-0.2, 0) is 16.4 Å². The van der Waals surface area contributed by atoms with Crippen LogP contribution in [0.15, 0.2) is 9.64 Å². The summed E-state index contributed by atoms with van der Waals surface area (Å²) >= 11 is 1.31. The third-order valence-electron chi connectivity index (χ3n) is 2.08. The molecule has 2 heterocycles. The van der Waals surface area contributed by atoms with Gasteiger partial charge in [-0.2, -0.15) is 0 Å². The topological polar surface area (TPSA) is 99.1 Å². The van der Waals surface area contributed by atoms with Gasteiger partial charge in [-0.05, 0) is 6.42 Å². The molecule has 0 saturated carbocycles. The second-order valence-corrected chi connectivity index (χ2v) is 6.79. The van der Waals surface area contributed by atoms with Crippen molar-refractivity contribution in [1.82, 2.24) is 10.2 Å². The monoisotopic (exact) mass is 249 g/mol. The van der Waals surface area contributed by atoms with E-state index in [1.54, 1.807) is 0 Å². The summed E-state index contributed by atoms with van der Waals surface area (Å²) in [6, 6.07) is 0. The van der Waals surface area contributed by atoms with Crippen molar-refractivity contribution in [3.63, 3.8) is 0 Å². The first-order valence-corrected chi connectivity index (χ1v) is 7.19. The predicted molar refractivity (Wildman–Crippen MR) is 55.1 cm³/mol. The van der Waals surface area contributed by atoms with Gasteiger partial charge in [-0.1, -0.05) is 11.8 Å². The Bertz CT molecular complexity index is 442. The number of sulfone groups is 1. The minimum Gasteiger partial charge on any atom is -0.415 e. The van der Waals surface area contributed by atoms with Gasteiger partial charge in [0.1, 0.15) is 0 Å². The maximum absolute atomic E-state index is 11.2. The summed E-state index contributed by atoms with van der Waals surface area (Å²) < 4.78 is 27.6. The van der Waals surface area contributed by atoms with Gasteiger partial charge in [0.15, 0.2) is 9.84 Å². The average molecular weight is 249 g/mol. The summed E-state index contributed by atoms with van der Waals surface area (Å²) in [5.41, 5.74) is 5.31. The molecule has 15 heavy (non-hydrogen) atoms. The number of hydrogen-bond donors (Lipinski definition) is 1. The number of aromatic nitrogens is 2. The van der Waals surface area contributed by atoms with Crippen LogP contribution in [0.25, 0.3) is 0 Å². The van der Waals surface area contributed by atoms with Crippen molar-refractivity contribution in [3.8, 4) is 0 Å². The second kappa shape index (κ2) is 4.11. The molecular formula is C7H11N3O3S2. The number of nitrogens with zero attached hydrogens (tertiary/aromatic N) is 2. The highest BCUT2D eigenvalue weighted by molar-refractivity contribution is 8.01. The molecule has 1 fully saturated rings. The van der Waals surface area contributed by atoms with E-state index in [-0.39, 0.29) is 23.3 Å². The lowest BCUT2D eigenvalue weighted by atomic mass is 10.4. The summed E-state index contributed by atoms with van der Waals surface area (Å²) in [5, 5.41) is 7.90. The number of thioether (sulfide) groups is 1. The largest absolute Gasteiger partial charge is 0.415 e. The van der Waals surface area contributed by atoms with Crippen molar-refractivity contribution in [2.45, 2.75) is 23.4 Å². The van der Waals surface area contributed by atoms with E-state index in [0.29, 0.717) is 17.5 Å². The first kappa shape index (κ1) is 10.9. The Balaban J connectivity index is 1.98. The Morgan fingerprint density at radius 1 is 1.53 bits per heavy atom. The molecule has 8 heteroatoms. The van der Waals surface area contributed by atoms with E-state index in [0.717, 1.165) is 0 Å². The molecule has 1 aromatic heterocycles. The third-order valence-corrected chi connectivity index (χ3v) is 5.16. The maximum atomic E-state index is 11.2. The van der Waals surface area contributed by atoms with E-state index >= 15 is 0 Å². The first-order chi connectivity index (χ1) is 7.09. The van der Waals surface area contributed by atoms with Crippen molar-refractivity contribution < 1.29 is 12.8 Å². The summed E-state index contributed by atoms with van der Waals surface area (Å²) in [6.07, 6.45) is 0.646. The fourth-order valence-electron chi connectivity index (χ4n) is 1.36. The molecule has 0 aliphatic carbocycles. The summed E-state index contributed by atoms with van der Waals surface area (Å²) in [4.78, 5) is 0. The molecular weight excluding hydrogens is 238 g/mol. The zero-order chi connectivity index (χ0) is 10.9. The molecule has 0 aromatic carbocycles. The molecule has 1 unspecified atom stereocenters. The summed E-state index contributed by atoms with van der Waals surface area (Å²) in [7, 11) is -2.85. The third kappa shape index (κ3) is 2.70. The van der Waals surface area contributed by atoms with Gasteiger partial charge in [0.25, 0.3) is 5.22 Å². The van der Waals surface area contributed by atoms with E-state index in [2.05, 4.69) is 10.2 Å². The molecule has 0 spiro atoms. The van der Waals surface area contributed by atoms with Crippen molar-refractivity contribution >= 4 is 21.6 Å². The minimum absolute atomic E-state index is 0.0288. The summed E-state index contributed by atoms with van der Waals surface area (Å²) in [5.74, 6) is 0.818. The Hall–Kier alpha value is -0.600. The molecule has 2 rings (SSSR count). The van der Waals surface area contributed by atoms with E-state index in [4.69, 9.17) is 10.2 Å². The van der Waals surface area contributed by atoms with Gasteiger partial charge < -0.3 is 10.2 Å². The Labute approximate surface area is 91.5 Å². The molecule has 2 N–H and O–H groups in total. The molecule has 1 aliphatic heterocycles. The smallest absolute Gasteiger partial charge is 0.276 e. The molecule has 1 aromatic rings. The van der Waals surface area contributed by atoms with Crippen LogP contribution in [0.4, 0.5) is 0 Å². The predicted octanol–water partition coefficient (Wildman–Crippen LogP) is -0.192. The van der Waals surface area contributed by atoms with Crippen LogP contribution in [0, 0.1) is 0 Å². The Kier molecular flexibility index (Phi) is 2.98. The maximum Gasteiger partial charge on any atom is 0.276 e. The van der Waals surface area contributed by atoms with Gasteiger partial charge >= 0.3 is 0 Å². The lowest BCUT2D eigenvalue weighted by Crippen LogP contribution is -2.05. The van der Waals surface area contributed by atoms with E-state index in [1.165, 1.54) is 11.8 Å². The van der Waals surface area contributed by atoms with Gasteiger partial charge in [-0.25, -0.2) is 8.42 Å². The molecule has 1 aliphatic rings. The van der Waals surface area contributed by atoms with Crippen molar-refractivity contribution in [2.24, 2.45) is 5.73 Å². The van der Waals surface area contributed by atoms with Crippen LogP contribution in [0.1, 0.15) is 12.3 Å². The van der Waals surface area contributed by atoms with E-state index in [9.17, 15) is 8.42 Å². The van der Waals surface area contributed by atoms with Crippen LogP contribution >= 0.6 is 11.8 Å². The Morgan fingerprint density at radius 3 is 2.87 bits per heavy atom. The molecule has 1 saturated heterocycles. The summed E-state index contributed by atoms with van der Waals surface area (Å²) in [6.45, 7) is 0.205. The molecule has 6 nitrogen and oxygen atoms in total. The SMILES string of the molecule is NCc1nnc(SC2CCS(=O)(=O)C2)o1. The van der Waals surface area contributed by atoms with Crippen molar-refractivity contribution in [1.29, 1.82) is 0 Å². The van der Waals surface area contributed by atoms with E-state index in [1.807, 2.05) is 0 Å². The lowest BCUT2D eigenvalue weighted by Gasteiger charge is -2.00. The highest BCUT2D eigenvalue weighted by Crippen LogP contribution is 2.29. The van der Waals surface area contributed by atoms with Crippen molar-refractivity contribution in [2.75, 3.05) is 11.5 Å². The van der Waals surface area contributed by atoms with Gasteiger partial charge in [-0.3, -0.25) is 0 Å². The van der Waals surface area contributed by atoms with Crippen molar-refractivity contribution in [3.05, 3.63) is 5.89 Å². The fraction of sp³-hybridized carbons (Fsp3) is 0.714. The van der Waals surface area contributed by atoms with Crippen LogP contribution in [-0.4, -0.2) is 35.4 Å². The molecule has 1 atom stereocenters. The standard InChI is InChI=1S/C7H11N3O3S2/c8-3-6-9-10-7(13-6)14-5-1-2-15(11,12)4-5/h5H,1-4,8H2. The fourth-order valence-corrected chi connectivity index (χ4v) is 4.70. The van der Waals surface area contributed by atoms with Gasteiger partial charge in [0.05, 0.1) is 18.1 Å². The minimum atomic E-state index is -2.85. The van der Waals surface area contributed by atoms with Gasteiger partial charge in [0.2, 0.25) is 5.89 Å². The number of rotatable bonds is 3. The van der Waals surface area contributed by atoms with Gasteiger partial charge in [-0.15, -0.1) is 10.2 Å². The number of hydrogen-bond acceptors (Lipinski definition) is 7. The normalized spacial score (nSPS) is 24.5. The highest BCUT2D eigenvalue weighted by atomic mass is 32.2. The molecule has 84 valence electrons. The zero-order valence-electron chi connectivity index (χ0n) is 7.92. The quantitative estimate of drug-likeness (QED) is 0.792.